The highest BCUT2D eigenvalue weighted by Crippen LogP contribution is 2.41. The fourth-order valence-electron chi connectivity index (χ4n) is 1.89. The van der Waals surface area contributed by atoms with Crippen LogP contribution in [0.5, 0.6) is 5.75 Å². The van der Waals surface area contributed by atoms with Crippen LogP contribution in [-0.4, -0.2) is 14.1 Å². The number of hydrogen-bond donors (Lipinski definition) is 0. The lowest BCUT2D eigenvalue weighted by molar-refractivity contribution is 0.485. The highest BCUT2D eigenvalue weighted by Gasteiger charge is 2.39. The third-order valence-electron chi connectivity index (χ3n) is 4.50. The number of aryl methyl sites for hydroxylation is 1. The highest BCUT2D eigenvalue weighted by molar-refractivity contribution is 7.99. The molecule has 0 radical (unpaired) electrons. The van der Waals surface area contributed by atoms with Crippen LogP contribution < -0.4 is 4.43 Å². The third kappa shape index (κ3) is 4.16. The summed E-state index contributed by atoms with van der Waals surface area (Å²) in [7, 11) is -1.80. The average molecular weight is 323 g/mol. The van der Waals surface area contributed by atoms with Gasteiger partial charge in [-0.25, -0.2) is 0 Å². The summed E-state index contributed by atoms with van der Waals surface area (Å²) in [6.07, 6.45) is 1.95. The summed E-state index contributed by atoms with van der Waals surface area (Å²) in [5.41, 5.74) is 3.86. The number of thioether (sulfide) groups is 1. The summed E-state index contributed by atoms with van der Waals surface area (Å²) in [5, 5.41) is 0.218. The molecule has 1 aromatic rings. The minimum absolute atomic E-state index is 0.218. The van der Waals surface area contributed by atoms with Crippen LogP contribution in [0.15, 0.2) is 23.6 Å². The molecule has 0 aliphatic heterocycles. The Morgan fingerprint density at radius 2 is 1.76 bits per heavy atom. The second kappa shape index (κ2) is 6.61. The fraction of sp³-hybridized carbons (Fsp3) is 0.556. The van der Waals surface area contributed by atoms with Crippen molar-refractivity contribution in [2.75, 3.05) is 5.75 Å². The fourth-order valence-corrected chi connectivity index (χ4v) is 3.94. The van der Waals surface area contributed by atoms with Gasteiger partial charge in [0, 0.05) is 10.6 Å². The quantitative estimate of drug-likeness (QED) is 0.359. The maximum Gasteiger partial charge on any atom is 0.250 e. The molecule has 0 unspecified atom stereocenters. The molecule has 0 amide bonds. The van der Waals surface area contributed by atoms with Crippen molar-refractivity contribution in [3.8, 4) is 5.75 Å². The molecule has 21 heavy (non-hydrogen) atoms. The Hall–Kier alpha value is -0.673. The first kappa shape index (κ1) is 18.4. The molecule has 118 valence electrons. The Morgan fingerprint density at radius 1 is 1.19 bits per heavy atom. The van der Waals surface area contributed by atoms with Gasteiger partial charge in [-0.2, -0.15) is 0 Å². The molecule has 0 saturated carbocycles. The van der Waals surface area contributed by atoms with Crippen molar-refractivity contribution < 1.29 is 4.43 Å². The van der Waals surface area contributed by atoms with Gasteiger partial charge >= 0.3 is 0 Å². The van der Waals surface area contributed by atoms with Crippen LogP contribution in [0.3, 0.4) is 0 Å². The molecule has 0 atom stereocenters. The summed E-state index contributed by atoms with van der Waals surface area (Å²) >= 11 is 1.85. The van der Waals surface area contributed by atoms with E-state index >= 15 is 0 Å². The van der Waals surface area contributed by atoms with E-state index in [2.05, 4.69) is 67.3 Å². The predicted octanol–water partition coefficient (Wildman–Crippen LogP) is 6.27. The maximum absolute atomic E-state index is 6.58. The van der Waals surface area contributed by atoms with Gasteiger partial charge in [-0.1, -0.05) is 26.8 Å². The van der Waals surface area contributed by atoms with Crippen LogP contribution in [0.4, 0.5) is 0 Å². The molecule has 1 nitrogen and oxygen atoms in total. The minimum Gasteiger partial charge on any atom is -0.543 e. The van der Waals surface area contributed by atoms with Crippen molar-refractivity contribution in [3.63, 3.8) is 0 Å². The van der Waals surface area contributed by atoms with Gasteiger partial charge in [-0.15, -0.1) is 18.3 Å². The van der Waals surface area contributed by atoms with Gasteiger partial charge in [0.05, 0.1) is 0 Å². The molecule has 0 saturated heterocycles. The lowest BCUT2D eigenvalue weighted by Crippen LogP contribution is -2.44. The van der Waals surface area contributed by atoms with Crippen LogP contribution in [0, 0.1) is 20.8 Å². The van der Waals surface area contributed by atoms with Gasteiger partial charge in [-0.05, 0) is 61.7 Å². The lowest BCUT2D eigenvalue weighted by Gasteiger charge is -2.37. The topological polar surface area (TPSA) is 9.23 Å². The lowest BCUT2D eigenvalue weighted by atomic mass is 10.1. The Kier molecular flexibility index (Phi) is 5.79. The van der Waals surface area contributed by atoms with E-state index in [4.69, 9.17) is 4.43 Å². The van der Waals surface area contributed by atoms with Gasteiger partial charge < -0.3 is 4.43 Å². The molecular formula is C18H30OSSi. The van der Waals surface area contributed by atoms with E-state index in [9.17, 15) is 0 Å². The molecule has 1 aromatic carbocycles. The van der Waals surface area contributed by atoms with Crippen LogP contribution in [0.1, 0.15) is 37.5 Å². The predicted molar refractivity (Wildman–Crippen MR) is 99.4 cm³/mol. The van der Waals surface area contributed by atoms with Crippen molar-refractivity contribution in [3.05, 3.63) is 35.4 Å². The largest absolute Gasteiger partial charge is 0.543 e. The van der Waals surface area contributed by atoms with Crippen molar-refractivity contribution in [2.24, 2.45) is 0 Å². The molecule has 0 fully saturated rings. The van der Waals surface area contributed by atoms with Gasteiger partial charge in [0.1, 0.15) is 5.75 Å². The molecule has 3 heteroatoms. The number of benzene rings is 1. The Balaban J connectivity index is 3.21. The van der Waals surface area contributed by atoms with Crippen LogP contribution >= 0.6 is 11.8 Å². The Labute approximate surface area is 136 Å². The van der Waals surface area contributed by atoms with E-state index < -0.39 is 8.32 Å². The zero-order valence-electron chi connectivity index (χ0n) is 14.9. The number of rotatable bonds is 5. The molecular weight excluding hydrogens is 292 g/mol. The van der Waals surface area contributed by atoms with Crippen LogP contribution in [0.25, 0.3) is 0 Å². The van der Waals surface area contributed by atoms with Crippen LogP contribution in [0.2, 0.25) is 18.1 Å². The van der Waals surface area contributed by atoms with Crippen LogP contribution in [-0.2, 0) is 0 Å². The first-order valence-electron chi connectivity index (χ1n) is 7.54. The molecule has 0 aliphatic carbocycles. The zero-order chi connectivity index (χ0) is 16.4. The van der Waals surface area contributed by atoms with Crippen molar-refractivity contribution in [1.29, 1.82) is 0 Å². The normalized spacial score (nSPS) is 12.4. The molecule has 0 spiro atoms. The van der Waals surface area contributed by atoms with Gasteiger partial charge in [0.15, 0.2) is 0 Å². The molecule has 0 bridgehead atoms. The van der Waals surface area contributed by atoms with Crippen molar-refractivity contribution >= 4 is 20.1 Å². The Morgan fingerprint density at radius 3 is 2.24 bits per heavy atom. The summed E-state index contributed by atoms with van der Waals surface area (Å²) in [4.78, 5) is 1.34. The monoisotopic (exact) mass is 322 g/mol. The molecule has 0 aromatic heterocycles. The van der Waals surface area contributed by atoms with E-state index in [0.29, 0.717) is 0 Å². The summed E-state index contributed by atoms with van der Waals surface area (Å²) < 4.78 is 6.58. The van der Waals surface area contributed by atoms with E-state index in [1.807, 2.05) is 17.8 Å². The van der Waals surface area contributed by atoms with E-state index in [1.54, 1.807) is 0 Å². The van der Waals surface area contributed by atoms with Gasteiger partial charge in [0.2, 0.25) is 0 Å². The summed E-state index contributed by atoms with van der Waals surface area (Å²) in [5.74, 6) is 2.05. The Bertz CT molecular complexity index is 527. The molecule has 1 rings (SSSR count). The maximum atomic E-state index is 6.58. The standard InChI is InChI=1S/C18H30OSSi/c1-10-11-20-16-12-13(2)17(15(4)14(16)3)19-21(8,9)18(5,6)7/h10,12H,1,11H2,2-9H3. The molecule has 0 heterocycles. The molecule has 0 aliphatic rings. The van der Waals surface area contributed by atoms with E-state index in [0.717, 1.165) is 11.5 Å². The first-order valence-corrected chi connectivity index (χ1v) is 11.4. The number of hydrogen-bond acceptors (Lipinski definition) is 2. The second-order valence-electron chi connectivity index (χ2n) is 7.23. The SMILES string of the molecule is C=CCSc1cc(C)c(O[Si](C)(C)C(C)(C)C)c(C)c1C. The average Bonchev–Trinajstić information content (AvgIpc) is 2.36. The van der Waals surface area contributed by atoms with Gasteiger partial charge in [-0.3, -0.25) is 0 Å². The molecule has 0 N–H and O–H groups in total. The zero-order valence-corrected chi connectivity index (χ0v) is 16.7. The van der Waals surface area contributed by atoms with Gasteiger partial charge in [0.25, 0.3) is 8.32 Å². The summed E-state index contributed by atoms with van der Waals surface area (Å²) in [6.45, 7) is 21.8. The third-order valence-corrected chi connectivity index (χ3v) is 9.96. The van der Waals surface area contributed by atoms with Crippen molar-refractivity contribution in [1.82, 2.24) is 0 Å². The minimum atomic E-state index is -1.80. The second-order valence-corrected chi connectivity index (χ2v) is 13.0. The smallest absolute Gasteiger partial charge is 0.250 e. The van der Waals surface area contributed by atoms with Crippen molar-refractivity contribution in [2.45, 2.75) is 64.6 Å². The summed E-state index contributed by atoms with van der Waals surface area (Å²) in [6, 6.07) is 2.26. The highest BCUT2D eigenvalue weighted by atomic mass is 32.2. The first-order chi connectivity index (χ1) is 9.51. The van der Waals surface area contributed by atoms with E-state index in [-0.39, 0.29) is 5.04 Å². The van der Waals surface area contributed by atoms with E-state index in [1.165, 1.54) is 21.6 Å².